The molecule has 6 nitrogen and oxygen atoms in total. The van der Waals surface area contributed by atoms with Crippen LogP contribution in [0.25, 0.3) is 0 Å². The fourth-order valence-electron chi connectivity index (χ4n) is 2.22. The van der Waals surface area contributed by atoms with Crippen molar-refractivity contribution in [3.8, 4) is 11.5 Å². The molecule has 0 spiro atoms. The second-order valence-corrected chi connectivity index (χ2v) is 5.41. The third kappa shape index (κ3) is 4.67. The Kier molecular flexibility index (Phi) is 5.89. The first kappa shape index (κ1) is 18.2. The van der Waals surface area contributed by atoms with E-state index in [4.69, 9.17) is 9.47 Å². The van der Waals surface area contributed by atoms with Gasteiger partial charge in [0.15, 0.2) is 5.78 Å². The number of hydrogen-bond donors (Lipinski definition) is 1. The summed E-state index contributed by atoms with van der Waals surface area (Å²) in [6.07, 6.45) is -0.508. The van der Waals surface area contributed by atoms with Gasteiger partial charge in [-0.3, -0.25) is 14.4 Å². The molecule has 1 N–H and O–H groups in total. The van der Waals surface area contributed by atoms with Gasteiger partial charge in [0, 0.05) is 5.56 Å². The van der Waals surface area contributed by atoms with E-state index in [-0.39, 0.29) is 0 Å². The molecule has 0 heterocycles. The molecule has 0 fully saturated rings. The number of nitrogens with one attached hydrogen (secondary N) is 1. The molecular weight excluding hydrogens is 322 g/mol. The van der Waals surface area contributed by atoms with E-state index in [9.17, 15) is 14.4 Å². The molecule has 0 aliphatic rings. The number of methoxy groups -OCH3 is 2. The molecule has 0 aliphatic heterocycles. The lowest BCUT2D eigenvalue weighted by Gasteiger charge is -2.10. The van der Waals surface area contributed by atoms with Crippen molar-refractivity contribution < 1.29 is 23.9 Å². The van der Waals surface area contributed by atoms with Gasteiger partial charge in [-0.25, -0.2) is 0 Å². The van der Waals surface area contributed by atoms with Crippen molar-refractivity contribution in [1.29, 1.82) is 0 Å². The second kappa shape index (κ2) is 8.10. The van der Waals surface area contributed by atoms with Crippen molar-refractivity contribution in [2.75, 3.05) is 19.5 Å². The molecule has 0 atom stereocenters. The lowest BCUT2D eigenvalue weighted by Crippen LogP contribution is -2.25. The number of ether oxygens (including phenoxy) is 2. The highest BCUT2D eigenvalue weighted by Gasteiger charge is 2.20. The molecule has 0 radical (unpaired) electrons. The highest BCUT2D eigenvalue weighted by molar-refractivity contribution is 6.44. The molecule has 0 saturated carbocycles. The topological polar surface area (TPSA) is 81.7 Å². The fraction of sp³-hybridized carbons (Fsp3) is 0.211. The normalized spacial score (nSPS) is 10.0. The second-order valence-electron chi connectivity index (χ2n) is 5.41. The van der Waals surface area contributed by atoms with Crippen LogP contribution in [0.2, 0.25) is 0 Å². The maximum Gasteiger partial charge on any atom is 0.292 e. The number of carbonyl (C=O) groups excluding carboxylic acids is 3. The largest absolute Gasteiger partial charge is 0.497 e. The van der Waals surface area contributed by atoms with Crippen molar-refractivity contribution in [2.24, 2.45) is 0 Å². The molecule has 0 aliphatic carbocycles. The summed E-state index contributed by atoms with van der Waals surface area (Å²) in [6, 6.07) is 11.5. The molecule has 130 valence electrons. The maximum absolute atomic E-state index is 12.1. The van der Waals surface area contributed by atoms with Gasteiger partial charge < -0.3 is 14.8 Å². The quantitative estimate of drug-likeness (QED) is 0.476. The Morgan fingerprint density at radius 1 is 0.960 bits per heavy atom. The minimum absolute atomic E-state index is 0.343. The molecule has 0 unspecified atom stereocenters. The molecule has 0 saturated heterocycles. The number of carbonyl (C=O) groups is 3. The number of amides is 1. The van der Waals surface area contributed by atoms with Crippen LogP contribution in [0.3, 0.4) is 0 Å². The van der Waals surface area contributed by atoms with Gasteiger partial charge in [0.05, 0.1) is 26.3 Å². The van der Waals surface area contributed by atoms with E-state index in [2.05, 4.69) is 5.32 Å². The van der Waals surface area contributed by atoms with Gasteiger partial charge in [-0.2, -0.15) is 0 Å². The van der Waals surface area contributed by atoms with Crippen molar-refractivity contribution in [1.82, 2.24) is 0 Å². The molecule has 2 aromatic rings. The van der Waals surface area contributed by atoms with Gasteiger partial charge in [-0.15, -0.1) is 0 Å². The van der Waals surface area contributed by atoms with Crippen LogP contribution in [-0.4, -0.2) is 31.7 Å². The van der Waals surface area contributed by atoms with E-state index in [0.717, 1.165) is 5.56 Å². The third-order valence-corrected chi connectivity index (χ3v) is 3.59. The molecule has 2 aromatic carbocycles. The Morgan fingerprint density at radius 2 is 1.64 bits per heavy atom. The Balaban J connectivity index is 2.03. The lowest BCUT2D eigenvalue weighted by molar-refractivity contribution is -0.134. The summed E-state index contributed by atoms with van der Waals surface area (Å²) in [5, 5.41) is 2.49. The van der Waals surface area contributed by atoms with Crippen LogP contribution in [0.1, 0.15) is 22.3 Å². The zero-order valence-electron chi connectivity index (χ0n) is 14.3. The lowest BCUT2D eigenvalue weighted by atomic mass is 10.1. The Morgan fingerprint density at radius 3 is 2.24 bits per heavy atom. The van der Waals surface area contributed by atoms with Gasteiger partial charge in [0.25, 0.3) is 5.91 Å². The van der Waals surface area contributed by atoms with Crippen LogP contribution in [0.5, 0.6) is 11.5 Å². The number of benzene rings is 2. The van der Waals surface area contributed by atoms with Crippen molar-refractivity contribution in [3.05, 3.63) is 53.6 Å². The van der Waals surface area contributed by atoms with Gasteiger partial charge in [-0.05, 0) is 48.9 Å². The Hall–Kier alpha value is -3.15. The Bertz CT molecular complexity index is 796. The number of Topliss-reactive ketones (excluding diaryl/α,β-unsaturated/α-hetero) is 2. The number of hydrogen-bond acceptors (Lipinski definition) is 5. The van der Waals surface area contributed by atoms with Crippen LogP contribution in [0.4, 0.5) is 5.69 Å². The van der Waals surface area contributed by atoms with Crippen molar-refractivity contribution >= 4 is 23.2 Å². The Labute approximate surface area is 145 Å². The SMILES string of the molecule is COc1ccc(C(=O)CC(=O)C(=O)Nc2cc(C)ccc2OC)cc1. The number of aryl methyl sites for hydroxylation is 1. The summed E-state index contributed by atoms with van der Waals surface area (Å²) >= 11 is 0. The zero-order chi connectivity index (χ0) is 18.4. The predicted molar refractivity (Wildman–Crippen MR) is 93.3 cm³/mol. The fourth-order valence-corrected chi connectivity index (χ4v) is 2.22. The van der Waals surface area contributed by atoms with Gasteiger partial charge in [0.1, 0.15) is 11.5 Å². The maximum atomic E-state index is 12.1. The van der Waals surface area contributed by atoms with Crippen molar-refractivity contribution in [2.45, 2.75) is 13.3 Å². The summed E-state index contributed by atoms with van der Waals surface area (Å²) < 4.78 is 10.2. The standard InChI is InChI=1S/C19H19NO5/c1-12-4-9-18(25-3)15(10-12)20-19(23)17(22)11-16(21)13-5-7-14(24-2)8-6-13/h4-10H,11H2,1-3H3,(H,20,23). The summed E-state index contributed by atoms with van der Waals surface area (Å²) in [6.45, 7) is 1.85. The van der Waals surface area contributed by atoms with E-state index < -0.39 is 23.9 Å². The van der Waals surface area contributed by atoms with Crippen LogP contribution in [0.15, 0.2) is 42.5 Å². The number of anilines is 1. The molecular formula is C19H19NO5. The summed E-state index contributed by atoms with van der Waals surface area (Å²) in [7, 11) is 2.99. The molecule has 25 heavy (non-hydrogen) atoms. The smallest absolute Gasteiger partial charge is 0.292 e. The molecule has 6 heteroatoms. The summed E-state index contributed by atoms with van der Waals surface area (Å²) in [5.74, 6) is -1.06. The first-order chi connectivity index (χ1) is 11.9. The summed E-state index contributed by atoms with van der Waals surface area (Å²) in [4.78, 5) is 36.2. The van der Waals surface area contributed by atoms with Crippen LogP contribution >= 0.6 is 0 Å². The van der Waals surface area contributed by atoms with Crippen molar-refractivity contribution in [3.63, 3.8) is 0 Å². The van der Waals surface area contributed by atoms with Crippen LogP contribution in [-0.2, 0) is 9.59 Å². The molecule has 2 rings (SSSR count). The first-order valence-corrected chi connectivity index (χ1v) is 7.60. The van der Waals surface area contributed by atoms with E-state index in [1.165, 1.54) is 14.2 Å². The van der Waals surface area contributed by atoms with E-state index in [0.29, 0.717) is 22.7 Å². The van der Waals surface area contributed by atoms with E-state index >= 15 is 0 Å². The zero-order valence-corrected chi connectivity index (χ0v) is 14.3. The van der Waals surface area contributed by atoms with Gasteiger partial charge >= 0.3 is 0 Å². The van der Waals surface area contributed by atoms with Crippen LogP contribution < -0.4 is 14.8 Å². The molecule has 0 aromatic heterocycles. The minimum atomic E-state index is -0.856. The van der Waals surface area contributed by atoms with Crippen LogP contribution in [0, 0.1) is 6.92 Å². The number of rotatable bonds is 7. The monoisotopic (exact) mass is 341 g/mol. The predicted octanol–water partition coefficient (Wildman–Crippen LogP) is 2.79. The first-order valence-electron chi connectivity index (χ1n) is 7.60. The summed E-state index contributed by atoms with van der Waals surface area (Å²) in [5.41, 5.74) is 1.63. The minimum Gasteiger partial charge on any atom is -0.497 e. The average molecular weight is 341 g/mol. The average Bonchev–Trinajstić information content (AvgIpc) is 2.61. The molecule has 1 amide bonds. The van der Waals surface area contributed by atoms with Gasteiger partial charge in [0.2, 0.25) is 5.78 Å². The van der Waals surface area contributed by atoms with E-state index in [1.807, 2.05) is 13.0 Å². The number of ketones is 2. The molecule has 0 bridgehead atoms. The van der Waals surface area contributed by atoms with E-state index in [1.54, 1.807) is 36.4 Å². The highest BCUT2D eigenvalue weighted by Crippen LogP contribution is 2.25. The third-order valence-electron chi connectivity index (χ3n) is 3.59. The van der Waals surface area contributed by atoms with Gasteiger partial charge in [-0.1, -0.05) is 6.07 Å². The highest BCUT2D eigenvalue weighted by atomic mass is 16.5.